The van der Waals surface area contributed by atoms with Crippen molar-refractivity contribution in [3.63, 3.8) is 0 Å². The Labute approximate surface area is 227 Å². The zero-order chi connectivity index (χ0) is 28.0. The lowest BCUT2D eigenvalue weighted by molar-refractivity contribution is -0.137. The van der Waals surface area contributed by atoms with Crippen LogP contribution in [0.1, 0.15) is 46.5 Å². The van der Waals surface area contributed by atoms with Crippen molar-refractivity contribution in [1.29, 1.82) is 10.5 Å². The monoisotopic (exact) mass is 523 g/mol. The average Bonchev–Trinajstić information content (AvgIpc) is 3.27. The van der Waals surface area contributed by atoms with Crippen LogP contribution in [0.15, 0.2) is 48.7 Å². The largest absolute Gasteiger partial charge is 0.349 e. The Kier molecular flexibility index (Phi) is 8.21. The van der Waals surface area contributed by atoms with Gasteiger partial charge in [0, 0.05) is 30.2 Å². The number of nitrogens with zero attached hydrogens (tertiary/aromatic N) is 4. The summed E-state index contributed by atoms with van der Waals surface area (Å²) in [6, 6.07) is 14.9. The Morgan fingerprint density at radius 3 is 2.49 bits per heavy atom. The molecule has 1 unspecified atom stereocenters. The van der Waals surface area contributed by atoms with Crippen molar-refractivity contribution in [2.45, 2.75) is 39.6 Å². The van der Waals surface area contributed by atoms with Gasteiger partial charge in [-0.15, -0.1) is 0 Å². The Morgan fingerprint density at radius 1 is 1.15 bits per heavy atom. The molecule has 1 fully saturated rings. The van der Waals surface area contributed by atoms with Crippen LogP contribution in [-0.4, -0.2) is 40.9 Å². The summed E-state index contributed by atoms with van der Waals surface area (Å²) in [5, 5.41) is 27.2. The number of amides is 1. The summed E-state index contributed by atoms with van der Waals surface area (Å²) in [6.07, 6.45) is 4.36. The van der Waals surface area contributed by atoms with Crippen LogP contribution in [0.5, 0.6) is 0 Å². The topological polar surface area (TPSA) is 145 Å². The standard InChI is InChI=1S/C29H29N7O3/c1-18-12-21(6-5-11-30)13-19(2)25(18)35-26-24(27(37)32-15-23-17-38-29(3,4)39-23)16-33-28(36-26)34-22-9-7-20(14-31)8-10-22/h5-10,12-13,16,23H,15,17H2,1-4H3,(H,32,37)(H2,33,34,35,36)/b6-5+. The van der Waals surface area contributed by atoms with Gasteiger partial charge < -0.3 is 25.4 Å². The molecule has 0 spiro atoms. The molecule has 10 nitrogen and oxygen atoms in total. The Bertz CT molecular complexity index is 1460. The molecule has 2 heterocycles. The first kappa shape index (κ1) is 27.3. The highest BCUT2D eigenvalue weighted by Gasteiger charge is 2.33. The van der Waals surface area contributed by atoms with E-state index in [9.17, 15) is 4.79 Å². The minimum Gasteiger partial charge on any atom is -0.349 e. The second-order valence-corrected chi connectivity index (χ2v) is 9.55. The summed E-state index contributed by atoms with van der Waals surface area (Å²) in [6.45, 7) is 8.19. The predicted octanol–water partition coefficient (Wildman–Crippen LogP) is 4.87. The van der Waals surface area contributed by atoms with E-state index in [4.69, 9.17) is 20.0 Å². The third-order valence-corrected chi connectivity index (χ3v) is 6.01. The maximum Gasteiger partial charge on any atom is 0.256 e. The summed E-state index contributed by atoms with van der Waals surface area (Å²) >= 11 is 0. The highest BCUT2D eigenvalue weighted by Crippen LogP contribution is 2.29. The summed E-state index contributed by atoms with van der Waals surface area (Å²) in [4.78, 5) is 22.2. The second-order valence-electron chi connectivity index (χ2n) is 9.55. The summed E-state index contributed by atoms with van der Waals surface area (Å²) in [5.41, 5.74) is 4.99. The minimum atomic E-state index is -0.687. The third kappa shape index (κ3) is 6.96. The SMILES string of the molecule is Cc1cc(/C=C/C#N)cc(C)c1Nc1nc(Nc2ccc(C#N)cc2)ncc1C(=O)NCC1COC(C)(C)O1. The number of allylic oxidation sites excluding steroid dienone is 1. The average molecular weight is 524 g/mol. The first-order valence-corrected chi connectivity index (χ1v) is 12.4. The van der Waals surface area contributed by atoms with E-state index in [1.807, 2.05) is 45.9 Å². The molecule has 10 heteroatoms. The van der Waals surface area contributed by atoms with Crippen molar-refractivity contribution in [3.05, 3.63) is 76.5 Å². The number of nitriles is 2. The molecule has 1 aliphatic rings. The number of hydrogen-bond acceptors (Lipinski definition) is 9. The number of hydrogen-bond donors (Lipinski definition) is 3. The van der Waals surface area contributed by atoms with Crippen molar-refractivity contribution in [2.24, 2.45) is 0 Å². The number of anilines is 4. The zero-order valence-electron chi connectivity index (χ0n) is 22.2. The van der Waals surface area contributed by atoms with E-state index in [0.717, 1.165) is 22.4 Å². The molecule has 0 bridgehead atoms. The fraction of sp³-hybridized carbons (Fsp3) is 0.276. The first-order chi connectivity index (χ1) is 18.7. The molecule has 1 amide bonds. The minimum absolute atomic E-state index is 0.255. The number of aromatic nitrogens is 2. The van der Waals surface area contributed by atoms with Gasteiger partial charge in [0.15, 0.2) is 5.79 Å². The van der Waals surface area contributed by atoms with Crippen LogP contribution in [0.25, 0.3) is 6.08 Å². The number of ether oxygens (including phenoxy) is 2. The van der Waals surface area contributed by atoms with Crippen molar-refractivity contribution in [3.8, 4) is 12.1 Å². The lowest BCUT2D eigenvalue weighted by atomic mass is 10.0. The molecule has 1 aromatic heterocycles. The van der Waals surface area contributed by atoms with Crippen LogP contribution in [-0.2, 0) is 9.47 Å². The molecule has 39 heavy (non-hydrogen) atoms. The van der Waals surface area contributed by atoms with E-state index in [0.29, 0.717) is 23.7 Å². The number of carbonyl (C=O) groups excluding carboxylic acids is 1. The van der Waals surface area contributed by atoms with E-state index in [-0.39, 0.29) is 30.1 Å². The van der Waals surface area contributed by atoms with Gasteiger partial charge in [0.25, 0.3) is 5.91 Å². The van der Waals surface area contributed by atoms with Gasteiger partial charge in [-0.1, -0.05) is 0 Å². The quantitative estimate of drug-likeness (QED) is 0.352. The van der Waals surface area contributed by atoms with E-state index >= 15 is 0 Å². The molecule has 4 rings (SSSR count). The van der Waals surface area contributed by atoms with E-state index < -0.39 is 5.79 Å². The lowest BCUT2D eigenvalue weighted by Crippen LogP contribution is -2.35. The lowest BCUT2D eigenvalue weighted by Gasteiger charge is -2.18. The number of nitrogens with one attached hydrogen (secondary N) is 3. The van der Waals surface area contributed by atoms with Crippen molar-refractivity contribution in [1.82, 2.24) is 15.3 Å². The highest BCUT2D eigenvalue weighted by atomic mass is 16.7. The summed E-state index contributed by atoms with van der Waals surface area (Å²) < 4.78 is 11.4. The molecule has 3 aromatic rings. The van der Waals surface area contributed by atoms with Crippen molar-refractivity contribution in [2.75, 3.05) is 23.8 Å². The van der Waals surface area contributed by atoms with Crippen molar-refractivity contribution < 1.29 is 14.3 Å². The maximum absolute atomic E-state index is 13.2. The van der Waals surface area contributed by atoms with Gasteiger partial charge in [-0.3, -0.25) is 4.79 Å². The Balaban J connectivity index is 1.62. The Morgan fingerprint density at radius 2 is 1.87 bits per heavy atom. The zero-order valence-corrected chi connectivity index (χ0v) is 22.2. The van der Waals surface area contributed by atoms with E-state index in [1.54, 1.807) is 30.3 Å². The number of carbonyl (C=O) groups is 1. The molecule has 198 valence electrons. The first-order valence-electron chi connectivity index (χ1n) is 12.4. The molecule has 0 saturated carbocycles. The number of aryl methyl sites for hydroxylation is 2. The molecule has 2 aromatic carbocycles. The fourth-order valence-electron chi connectivity index (χ4n) is 4.17. The van der Waals surface area contributed by atoms with Crippen LogP contribution in [0, 0.1) is 36.5 Å². The van der Waals surface area contributed by atoms with Gasteiger partial charge in [-0.2, -0.15) is 15.5 Å². The summed E-state index contributed by atoms with van der Waals surface area (Å²) in [7, 11) is 0. The normalized spacial score (nSPS) is 15.9. The van der Waals surface area contributed by atoms with Gasteiger partial charge in [0.1, 0.15) is 17.5 Å². The Hall–Kier alpha value is -4.77. The van der Waals surface area contributed by atoms with Gasteiger partial charge in [0.05, 0.1) is 24.3 Å². The molecule has 3 N–H and O–H groups in total. The van der Waals surface area contributed by atoms with Crippen LogP contribution in [0.4, 0.5) is 23.1 Å². The predicted molar refractivity (Wildman–Crippen MR) is 148 cm³/mol. The fourth-order valence-corrected chi connectivity index (χ4v) is 4.17. The van der Waals surface area contributed by atoms with E-state index in [2.05, 4.69) is 32.0 Å². The van der Waals surface area contributed by atoms with Gasteiger partial charge >= 0.3 is 0 Å². The smallest absolute Gasteiger partial charge is 0.256 e. The molecule has 1 atom stereocenters. The third-order valence-electron chi connectivity index (χ3n) is 6.01. The summed E-state index contributed by atoms with van der Waals surface area (Å²) in [5.74, 6) is -0.459. The number of rotatable bonds is 8. The molecular formula is C29H29N7O3. The van der Waals surface area contributed by atoms with Crippen LogP contribution in [0.3, 0.4) is 0 Å². The second kappa shape index (κ2) is 11.7. The van der Waals surface area contributed by atoms with Crippen LogP contribution in [0.2, 0.25) is 0 Å². The molecule has 0 radical (unpaired) electrons. The molecule has 1 aliphatic heterocycles. The van der Waals surface area contributed by atoms with Gasteiger partial charge in [0.2, 0.25) is 5.95 Å². The number of benzene rings is 2. The van der Waals surface area contributed by atoms with Crippen molar-refractivity contribution >= 4 is 35.1 Å². The van der Waals surface area contributed by atoms with Crippen LogP contribution >= 0.6 is 0 Å². The molecular weight excluding hydrogens is 494 g/mol. The van der Waals surface area contributed by atoms with E-state index in [1.165, 1.54) is 12.3 Å². The highest BCUT2D eigenvalue weighted by molar-refractivity contribution is 5.99. The molecule has 0 aliphatic carbocycles. The maximum atomic E-state index is 13.2. The van der Waals surface area contributed by atoms with Gasteiger partial charge in [-0.25, -0.2) is 4.98 Å². The van der Waals surface area contributed by atoms with Crippen LogP contribution < -0.4 is 16.0 Å². The van der Waals surface area contributed by atoms with Gasteiger partial charge in [-0.05, 0) is 86.9 Å². The molecule has 1 saturated heterocycles.